The van der Waals surface area contributed by atoms with Crippen LogP contribution in [0.2, 0.25) is 0 Å². The molecule has 0 aliphatic heterocycles. The smallest absolute Gasteiger partial charge is 0.133 e. The molecule has 19 heavy (non-hydrogen) atoms. The van der Waals surface area contributed by atoms with Crippen LogP contribution in [0.15, 0.2) is 59.1 Å². The third kappa shape index (κ3) is 5.05. The van der Waals surface area contributed by atoms with Crippen molar-refractivity contribution in [3.63, 3.8) is 0 Å². The van der Waals surface area contributed by atoms with Gasteiger partial charge in [0.05, 0.1) is 11.1 Å². The van der Waals surface area contributed by atoms with E-state index in [4.69, 9.17) is 4.74 Å². The standard InChI is InChI=1S/C16H18BrNO/c17-15-9-4-5-10-16(15)19-12-6-11-18-13-14-7-2-1-3-8-14/h1-5,7-10,18H,6,11-13H2. The molecule has 0 bridgehead atoms. The monoisotopic (exact) mass is 319 g/mol. The van der Waals surface area contributed by atoms with E-state index in [0.717, 1.165) is 36.3 Å². The van der Waals surface area contributed by atoms with Gasteiger partial charge in [-0.25, -0.2) is 0 Å². The summed E-state index contributed by atoms with van der Waals surface area (Å²) in [6.07, 6.45) is 0.994. The van der Waals surface area contributed by atoms with E-state index < -0.39 is 0 Å². The molecule has 0 aromatic heterocycles. The molecular weight excluding hydrogens is 302 g/mol. The number of nitrogens with one attached hydrogen (secondary N) is 1. The van der Waals surface area contributed by atoms with Gasteiger partial charge in [-0.2, -0.15) is 0 Å². The maximum Gasteiger partial charge on any atom is 0.133 e. The fourth-order valence-electron chi connectivity index (χ4n) is 1.77. The molecule has 2 aromatic rings. The molecule has 1 N–H and O–H groups in total. The minimum Gasteiger partial charge on any atom is -0.492 e. The van der Waals surface area contributed by atoms with Crippen molar-refractivity contribution in [3.05, 3.63) is 64.6 Å². The molecule has 2 rings (SSSR count). The van der Waals surface area contributed by atoms with E-state index >= 15 is 0 Å². The Morgan fingerprint density at radius 2 is 1.68 bits per heavy atom. The number of hydrogen-bond donors (Lipinski definition) is 1. The molecule has 2 aromatic carbocycles. The predicted molar refractivity (Wildman–Crippen MR) is 82.4 cm³/mol. The SMILES string of the molecule is Brc1ccccc1OCCCNCc1ccccc1. The van der Waals surface area contributed by atoms with Gasteiger partial charge in [-0.05, 0) is 46.6 Å². The normalized spacial score (nSPS) is 10.4. The average molecular weight is 320 g/mol. The zero-order valence-electron chi connectivity index (χ0n) is 10.8. The van der Waals surface area contributed by atoms with Crippen molar-refractivity contribution in [2.24, 2.45) is 0 Å². The van der Waals surface area contributed by atoms with E-state index in [9.17, 15) is 0 Å². The zero-order chi connectivity index (χ0) is 13.3. The van der Waals surface area contributed by atoms with Gasteiger partial charge in [-0.15, -0.1) is 0 Å². The summed E-state index contributed by atoms with van der Waals surface area (Å²) in [6, 6.07) is 18.3. The second kappa shape index (κ2) is 7.97. The Morgan fingerprint density at radius 1 is 0.947 bits per heavy atom. The van der Waals surface area contributed by atoms with Crippen LogP contribution in [-0.4, -0.2) is 13.2 Å². The van der Waals surface area contributed by atoms with E-state index in [1.165, 1.54) is 5.56 Å². The highest BCUT2D eigenvalue weighted by atomic mass is 79.9. The van der Waals surface area contributed by atoms with Gasteiger partial charge in [0.25, 0.3) is 0 Å². The summed E-state index contributed by atoms with van der Waals surface area (Å²) in [5.74, 6) is 0.908. The molecule has 0 aliphatic rings. The van der Waals surface area contributed by atoms with Crippen molar-refractivity contribution >= 4 is 15.9 Å². The van der Waals surface area contributed by atoms with Crippen molar-refractivity contribution in [3.8, 4) is 5.75 Å². The van der Waals surface area contributed by atoms with Gasteiger partial charge in [0.2, 0.25) is 0 Å². The second-order valence-corrected chi connectivity index (χ2v) is 5.15. The Morgan fingerprint density at radius 3 is 2.47 bits per heavy atom. The Kier molecular flexibility index (Phi) is 5.92. The number of hydrogen-bond acceptors (Lipinski definition) is 2. The lowest BCUT2D eigenvalue weighted by molar-refractivity contribution is 0.306. The lowest BCUT2D eigenvalue weighted by Gasteiger charge is -2.08. The van der Waals surface area contributed by atoms with Crippen LogP contribution in [-0.2, 0) is 6.54 Å². The molecule has 0 aliphatic carbocycles. The van der Waals surface area contributed by atoms with Gasteiger partial charge in [0.15, 0.2) is 0 Å². The fraction of sp³-hybridized carbons (Fsp3) is 0.250. The molecule has 0 heterocycles. The average Bonchev–Trinajstić information content (AvgIpc) is 2.45. The number of rotatable bonds is 7. The Hall–Kier alpha value is -1.32. The molecule has 0 fully saturated rings. The minimum atomic E-state index is 0.727. The summed E-state index contributed by atoms with van der Waals surface area (Å²) in [7, 11) is 0. The molecule has 0 spiro atoms. The molecule has 3 heteroatoms. The van der Waals surface area contributed by atoms with Crippen molar-refractivity contribution in [2.75, 3.05) is 13.2 Å². The molecular formula is C16H18BrNO. The lowest BCUT2D eigenvalue weighted by Crippen LogP contribution is -2.17. The Balaban J connectivity index is 1.59. The first-order chi connectivity index (χ1) is 9.36. The molecule has 0 amide bonds. The molecule has 2 nitrogen and oxygen atoms in total. The summed E-state index contributed by atoms with van der Waals surface area (Å²) >= 11 is 3.47. The summed E-state index contributed by atoms with van der Waals surface area (Å²) in [4.78, 5) is 0. The van der Waals surface area contributed by atoms with Crippen molar-refractivity contribution < 1.29 is 4.74 Å². The van der Waals surface area contributed by atoms with E-state index in [1.807, 2.05) is 30.3 Å². The van der Waals surface area contributed by atoms with Crippen molar-refractivity contribution in [1.82, 2.24) is 5.32 Å². The second-order valence-electron chi connectivity index (χ2n) is 4.29. The summed E-state index contributed by atoms with van der Waals surface area (Å²) < 4.78 is 6.71. The van der Waals surface area contributed by atoms with Gasteiger partial charge in [-0.3, -0.25) is 0 Å². The maximum atomic E-state index is 5.70. The quantitative estimate of drug-likeness (QED) is 0.779. The first-order valence-corrected chi connectivity index (χ1v) is 7.27. The van der Waals surface area contributed by atoms with Crippen LogP contribution in [0.25, 0.3) is 0 Å². The number of halogens is 1. The summed E-state index contributed by atoms with van der Waals surface area (Å²) in [6.45, 7) is 2.60. The third-order valence-corrected chi connectivity index (χ3v) is 3.42. The maximum absolute atomic E-state index is 5.70. The minimum absolute atomic E-state index is 0.727. The van der Waals surface area contributed by atoms with Crippen molar-refractivity contribution in [2.45, 2.75) is 13.0 Å². The largest absolute Gasteiger partial charge is 0.492 e. The molecule has 0 atom stereocenters. The predicted octanol–water partition coefficient (Wildman–Crippen LogP) is 4.01. The molecule has 0 radical (unpaired) electrons. The van der Waals surface area contributed by atoms with Gasteiger partial charge >= 0.3 is 0 Å². The first kappa shape index (κ1) is 14.1. The molecule has 0 saturated carbocycles. The molecule has 0 saturated heterocycles. The highest BCUT2D eigenvalue weighted by Gasteiger charge is 1.98. The summed E-state index contributed by atoms with van der Waals surface area (Å²) in [5.41, 5.74) is 1.31. The van der Waals surface area contributed by atoms with Crippen LogP contribution in [0.5, 0.6) is 5.75 Å². The van der Waals surface area contributed by atoms with Crippen LogP contribution >= 0.6 is 15.9 Å². The zero-order valence-corrected chi connectivity index (χ0v) is 12.4. The number of benzene rings is 2. The van der Waals surface area contributed by atoms with E-state index in [-0.39, 0.29) is 0 Å². The Bertz CT molecular complexity index is 487. The third-order valence-electron chi connectivity index (χ3n) is 2.76. The van der Waals surface area contributed by atoms with E-state index in [2.05, 4.69) is 45.5 Å². The highest BCUT2D eigenvalue weighted by molar-refractivity contribution is 9.10. The van der Waals surface area contributed by atoms with Gasteiger partial charge in [0, 0.05) is 6.54 Å². The topological polar surface area (TPSA) is 21.3 Å². The van der Waals surface area contributed by atoms with Crippen molar-refractivity contribution in [1.29, 1.82) is 0 Å². The highest BCUT2D eigenvalue weighted by Crippen LogP contribution is 2.23. The summed E-state index contributed by atoms with van der Waals surface area (Å²) in [5, 5.41) is 3.41. The molecule has 100 valence electrons. The first-order valence-electron chi connectivity index (χ1n) is 6.48. The van der Waals surface area contributed by atoms with E-state index in [1.54, 1.807) is 0 Å². The number of para-hydroxylation sites is 1. The lowest BCUT2D eigenvalue weighted by atomic mass is 10.2. The van der Waals surface area contributed by atoms with Gasteiger partial charge < -0.3 is 10.1 Å². The van der Waals surface area contributed by atoms with Crippen LogP contribution < -0.4 is 10.1 Å². The van der Waals surface area contributed by atoms with Crippen LogP contribution in [0.1, 0.15) is 12.0 Å². The number of ether oxygens (including phenoxy) is 1. The van der Waals surface area contributed by atoms with Gasteiger partial charge in [0.1, 0.15) is 5.75 Å². The van der Waals surface area contributed by atoms with Crippen LogP contribution in [0, 0.1) is 0 Å². The van der Waals surface area contributed by atoms with Gasteiger partial charge in [-0.1, -0.05) is 42.5 Å². The van der Waals surface area contributed by atoms with E-state index in [0.29, 0.717) is 0 Å². The van der Waals surface area contributed by atoms with Crippen LogP contribution in [0.4, 0.5) is 0 Å². The molecule has 0 unspecified atom stereocenters. The fourth-order valence-corrected chi connectivity index (χ4v) is 2.17. The van der Waals surface area contributed by atoms with Crippen LogP contribution in [0.3, 0.4) is 0 Å². The Labute approximate surface area is 122 Å².